The van der Waals surface area contributed by atoms with Crippen molar-refractivity contribution in [1.29, 1.82) is 0 Å². The largest absolute Gasteiger partial charge is 0.326 e. The first-order valence-electron chi connectivity index (χ1n) is 4.15. The molecule has 2 aliphatic rings. The summed E-state index contributed by atoms with van der Waals surface area (Å²) in [4.78, 5) is 28.7. The van der Waals surface area contributed by atoms with Crippen LogP contribution in [0.15, 0.2) is 0 Å². The smallest absolute Gasteiger partial charge is 0.268 e. The topological polar surface area (TPSA) is 84.7 Å². The molecule has 0 spiro atoms. The highest BCUT2D eigenvalue weighted by atomic mass is 16.7. The van der Waals surface area contributed by atoms with Crippen molar-refractivity contribution in [2.75, 3.05) is 13.2 Å². The lowest BCUT2D eigenvalue weighted by atomic mass is 10.3. The van der Waals surface area contributed by atoms with Crippen molar-refractivity contribution in [3.8, 4) is 0 Å². The van der Waals surface area contributed by atoms with Crippen LogP contribution in [0.1, 0.15) is 6.42 Å². The van der Waals surface area contributed by atoms with Gasteiger partial charge in [0.15, 0.2) is 0 Å². The monoisotopic (exact) mass is 185 g/mol. The zero-order chi connectivity index (χ0) is 9.42. The van der Waals surface area contributed by atoms with Gasteiger partial charge >= 0.3 is 0 Å². The van der Waals surface area contributed by atoms with E-state index >= 15 is 0 Å². The lowest BCUT2D eigenvalue weighted by Crippen LogP contribution is -2.43. The second kappa shape index (κ2) is 2.97. The number of hydroxylamine groups is 1. The summed E-state index contributed by atoms with van der Waals surface area (Å²) in [5, 5.41) is 0. The molecule has 0 bridgehead atoms. The predicted molar refractivity (Wildman–Crippen MR) is 42.2 cm³/mol. The standard InChI is InChI=1S/C7H11N3O3/c8-4-1-6(11)10(2-4)5-3-13-9-7(5)12/h4-5H,1-3,8H2,(H,9,12)/t4?,5-/m0/s1. The highest BCUT2D eigenvalue weighted by Crippen LogP contribution is 2.15. The Morgan fingerprint density at radius 2 is 2.31 bits per heavy atom. The second-order valence-corrected chi connectivity index (χ2v) is 3.30. The summed E-state index contributed by atoms with van der Waals surface area (Å²) in [5.41, 5.74) is 7.80. The van der Waals surface area contributed by atoms with E-state index in [2.05, 4.69) is 5.48 Å². The summed E-state index contributed by atoms with van der Waals surface area (Å²) in [5.74, 6) is -0.333. The third-order valence-corrected chi connectivity index (χ3v) is 2.28. The summed E-state index contributed by atoms with van der Waals surface area (Å²) < 4.78 is 0. The predicted octanol–water partition coefficient (Wildman–Crippen LogP) is -2.02. The number of nitrogens with one attached hydrogen (secondary N) is 1. The van der Waals surface area contributed by atoms with E-state index in [4.69, 9.17) is 10.6 Å². The average Bonchev–Trinajstić information content (AvgIpc) is 2.58. The summed E-state index contributed by atoms with van der Waals surface area (Å²) in [6.07, 6.45) is 0.323. The van der Waals surface area contributed by atoms with E-state index in [0.29, 0.717) is 13.0 Å². The molecule has 72 valence electrons. The highest BCUT2D eigenvalue weighted by Gasteiger charge is 2.39. The Balaban J connectivity index is 2.08. The van der Waals surface area contributed by atoms with Crippen molar-refractivity contribution in [3.05, 3.63) is 0 Å². The number of hydrogen-bond donors (Lipinski definition) is 2. The molecule has 0 aromatic rings. The van der Waals surface area contributed by atoms with Gasteiger partial charge in [0.1, 0.15) is 12.6 Å². The molecule has 2 atom stereocenters. The van der Waals surface area contributed by atoms with E-state index in [9.17, 15) is 9.59 Å². The molecule has 0 aliphatic carbocycles. The summed E-state index contributed by atoms with van der Waals surface area (Å²) in [6, 6.07) is -0.637. The molecule has 13 heavy (non-hydrogen) atoms. The van der Waals surface area contributed by atoms with Crippen molar-refractivity contribution >= 4 is 11.8 Å². The fraction of sp³-hybridized carbons (Fsp3) is 0.714. The molecule has 0 saturated carbocycles. The molecule has 0 aromatic heterocycles. The van der Waals surface area contributed by atoms with Crippen LogP contribution in [0.2, 0.25) is 0 Å². The molecule has 2 saturated heterocycles. The average molecular weight is 185 g/mol. The van der Waals surface area contributed by atoms with Gasteiger partial charge in [0.05, 0.1) is 0 Å². The number of carbonyl (C=O) groups excluding carboxylic acids is 2. The van der Waals surface area contributed by atoms with E-state index in [1.165, 1.54) is 4.90 Å². The molecule has 3 N–H and O–H groups in total. The maximum atomic E-state index is 11.3. The van der Waals surface area contributed by atoms with Crippen LogP contribution in [-0.4, -0.2) is 41.9 Å². The van der Waals surface area contributed by atoms with Gasteiger partial charge in [0, 0.05) is 19.0 Å². The van der Waals surface area contributed by atoms with Crippen LogP contribution in [0, 0.1) is 0 Å². The first-order valence-corrected chi connectivity index (χ1v) is 4.15. The third kappa shape index (κ3) is 1.38. The number of amides is 2. The Bertz CT molecular complexity index is 255. The zero-order valence-electron chi connectivity index (χ0n) is 7.03. The molecule has 6 heteroatoms. The molecule has 6 nitrogen and oxygen atoms in total. The van der Waals surface area contributed by atoms with Gasteiger partial charge in [-0.2, -0.15) is 0 Å². The van der Waals surface area contributed by atoms with E-state index in [1.54, 1.807) is 0 Å². The number of likely N-dealkylation sites (tertiary alicyclic amines) is 1. The van der Waals surface area contributed by atoms with E-state index < -0.39 is 6.04 Å². The molecule has 2 amide bonds. The summed E-state index contributed by atoms with van der Waals surface area (Å²) in [6.45, 7) is 0.664. The second-order valence-electron chi connectivity index (χ2n) is 3.30. The highest BCUT2D eigenvalue weighted by molar-refractivity contribution is 5.89. The molecule has 2 rings (SSSR count). The molecule has 2 fully saturated rings. The molecular weight excluding hydrogens is 174 g/mol. The van der Waals surface area contributed by atoms with Gasteiger partial charge in [-0.05, 0) is 0 Å². The maximum Gasteiger partial charge on any atom is 0.268 e. The number of carbonyl (C=O) groups is 2. The Kier molecular flexibility index (Phi) is 1.93. The Morgan fingerprint density at radius 3 is 2.77 bits per heavy atom. The third-order valence-electron chi connectivity index (χ3n) is 2.28. The van der Waals surface area contributed by atoms with Crippen LogP contribution in [0.25, 0.3) is 0 Å². The van der Waals surface area contributed by atoms with Gasteiger partial charge in [-0.1, -0.05) is 0 Å². The van der Waals surface area contributed by atoms with Crippen LogP contribution in [-0.2, 0) is 14.4 Å². The minimum atomic E-state index is -0.485. The van der Waals surface area contributed by atoms with Crippen LogP contribution in [0.5, 0.6) is 0 Å². The summed E-state index contributed by atoms with van der Waals surface area (Å²) in [7, 11) is 0. The first kappa shape index (κ1) is 8.46. The Labute approximate surface area is 75.0 Å². The first-order chi connectivity index (χ1) is 6.18. The number of rotatable bonds is 1. The van der Waals surface area contributed by atoms with Gasteiger partial charge in [-0.3, -0.25) is 14.4 Å². The number of nitrogens with zero attached hydrogens (tertiary/aromatic N) is 1. The fourth-order valence-corrected chi connectivity index (χ4v) is 1.63. The fourth-order valence-electron chi connectivity index (χ4n) is 1.63. The Morgan fingerprint density at radius 1 is 1.54 bits per heavy atom. The minimum absolute atomic E-state index is 0.0712. The van der Waals surface area contributed by atoms with E-state index in [-0.39, 0.29) is 24.5 Å². The molecule has 2 heterocycles. The lowest BCUT2D eigenvalue weighted by Gasteiger charge is -2.19. The molecule has 0 radical (unpaired) electrons. The van der Waals surface area contributed by atoms with Crippen molar-refractivity contribution in [3.63, 3.8) is 0 Å². The number of hydrogen-bond acceptors (Lipinski definition) is 4. The van der Waals surface area contributed by atoms with Crippen molar-refractivity contribution in [2.24, 2.45) is 5.73 Å². The normalized spacial score (nSPS) is 34.1. The maximum absolute atomic E-state index is 11.3. The van der Waals surface area contributed by atoms with E-state index in [0.717, 1.165) is 0 Å². The van der Waals surface area contributed by atoms with Gasteiger partial charge in [-0.15, -0.1) is 0 Å². The lowest BCUT2D eigenvalue weighted by molar-refractivity contribution is -0.135. The van der Waals surface area contributed by atoms with Crippen molar-refractivity contribution in [1.82, 2.24) is 10.4 Å². The van der Waals surface area contributed by atoms with Gasteiger partial charge in [0.25, 0.3) is 5.91 Å². The zero-order valence-corrected chi connectivity index (χ0v) is 7.03. The SMILES string of the molecule is NC1CC(=O)N([C@H]2CONC2=O)C1. The minimum Gasteiger partial charge on any atom is -0.326 e. The van der Waals surface area contributed by atoms with Crippen LogP contribution in [0.3, 0.4) is 0 Å². The van der Waals surface area contributed by atoms with Gasteiger partial charge < -0.3 is 10.6 Å². The number of nitrogens with two attached hydrogens (primary N) is 1. The van der Waals surface area contributed by atoms with Crippen LogP contribution in [0.4, 0.5) is 0 Å². The molecule has 2 aliphatic heterocycles. The molecule has 1 unspecified atom stereocenters. The van der Waals surface area contributed by atoms with E-state index in [1.807, 2.05) is 0 Å². The van der Waals surface area contributed by atoms with Crippen LogP contribution < -0.4 is 11.2 Å². The van der Waals surface area contributed by atoms with Crippen molar-refractivity contribution in [2.45, 2.75) is 18.5 Å². The quantitative estimate of drug-likeness (QED) is 0.493. The van der Waals surface area contributed by atoms with Gasteiger partial charge in [-0.25, -0.2) is 5.48 Å². The van der Waals surface area contributed by atoms with Crippen LogP contribution >= 0.6 is 0 Å². The summed E-state index contributed by atoms with van der Waals surface area (Å²) >= 11 is 0. The van der Waals surface area contributed by atoms with Gasteiger partial charge in [0.2, 0.25) is 5.91 Å². The van der Waals surface area contributed by atoms with Crippen molar-refractivity contribution < 1.29 is 14.4 Å². The molecular formula is C7H11N3O3. The Hall–Kier alpha value is -1.14. The molecule has 0 aromatic carbocycles.